The lowest BCUT2D eigenvalue weighted by atomic mass is 10.1. The first-order valence-electron chi connectivity index (χ1n) is 5.68. The van der Waals surface area contributed by atoms with Crippen LogP contribution in [0.4, 0.5) is 0 Å². The van der Waals surface area contributed by atoms with Crippen LogP contribution in [0.1, 0.15) is 36.5 Å². The number of nitrogens with zero attached hydrogens (tertiary/aromatic N) is 1. The van der Waals surface area contributed by atoms with Crippen molar-refractivity contribution in [2.75, 3.05) is 5.75 Å². The molecule has 0 bridgehead atoms. The molecule has 1 aromatic rings. The second kappa shape index (κ2) is 5.83. The Morgan fingerprint density at radius 1 is 1.35 bits per heavy atom. The molecular formula is C13H17NO2S. The molecule has 3 nitrogen and oxygen atoms in total. The summed E-state index contributed by atoms with van der Waals surface area (Å²) in [6.07, 6.45) is 1.59. The van der Waals surface area contributed by atoms with Gasteiger partial charge < -0.3 is 0 Å². The molecule has 1 rings (SSSR count). The summed E-state index contributed by atoms with van der Waals surface area (Å²) in [7, 11) is -3.02. The van der Waals surface area contributed by atoms with Crippen molar-refractivity contribution in [1.82, 2.24) is 0 Å². The minimum absolute atomic E-state index is 0.0740. The van der Waals surface area contributed by atoms with E-state index in [0.717, 1.165) is 17.5 Å². The largest absolute Gasteiger partial charge is 0.228 e. The monoisotopic (exact) mass is 251 g/mol. The van der Waals surface area contributed by atoms with Gasteiger partial charge in [-0.05, 0) is 36.6 Å². The molecule has 0 N–H and O–H groups in total. The molecule has 0 unspecified atom stereocenters. The summed E-state index contributed by atoms with van der Waals surface area (Å²) in [6, 6.07) is 7.17. The highest BCUT2D eigenvalue weighted by Crippen LogP contribution is 2.15. The molecule has 0 aliphatic heterocycles. The molecule has 4 heteroatoms. The Bertz CT molecular complexity index is 527. The van der Waals surface area contributed by atoms with Gasteiger partial charge in [-0.15, -0.1) is 0 Å². The maximum Gasteiger partial charge on any atom is 0.154 e. The van der Waals surface area contributed by atoms with Crippen LogP contribution >= 0.6 is 0 Å². The van der Waals surface area contributed by atoms with E-state index in [4.69, 9.17) is 5.26 Å². The average molecular weight is 251 g/mol. The standard InChI is InChI=1S/C13H17NO2S/c1-3-4-7-17(15,16)10-13-6-5-12(9-14)8-11(13)2/h5-6,8H,3-4,7,10H2,1-2H3. The van der Waals surface area contributed by atoms with Crippen LogP contribution in [0, 0.1) is 18.3 Å². The summed E-state index contributed by atoms with van der Waals surface area (Å²) in [4.78, 5) is 0. The number of benzene rings is 1. The molecule has 1 aromatic carbocycles. The van der Waals surface area contributed by atoms with E-state index in [1.165, 1.54) is 0 Å². The van der Waals surface area contributed by atoms with Gasteiger partial charge in [0.1, 0.15) is 0 Å². The van der Waals surface area contributed by atoms with Crippen LogP contribution in [-0.2, 0) is 15.6 Å². The predicted octanol–water partition coefficient (Wildman–Crippen LogP) is 2.58. The molecule has 0 radical (unpaired) electrons. The van der Waals surface area contributed by atoms with Crippen LogP contribution in [-0.4, -0.2) is 14.2 Å². The van der Waals surface area contributed by atoms with Crippen molar-refractivity contribution in [3.05, 3.63) is 34.9 Å². The van der Waals surface area contributed by atoms with Crippen molar-refractivity contribution >= 4 is 9.84 Å². The molecule has 17 heavy (non-hydrogen) atoms. The van der Waals surface area contributed by atoms with Gasteiger partial charge in [0.15, 0.2) is 9.84 Å². The van der Waals surface area contributed by atoms with Gasteiger partial charge in [-0.1, -0.05) is 19.4 Å². The Morgan fingerprint density at radius 3 is 2.59 bits per heavy atom. The second-order valence-corrected chi connectivity index (χ2v) is 6.38. The predicted molar refractivity (Wildman–Crippen MR) is 68.3 cm³/mol. The summed E-state index contributed by atoms with van der Waals surface area (Å²) in [5.74, 6) is 0.313. The van der Waals surface area contributed by atoms with Gasteiger partial charge in [-0.2, -0.15) is 5.26 Å². The first-order chi connectivity index (χ1) is 7.98. The van der Waals surface area contributed by atoms with E-state index >= 15 is 0 Å². The highest BCUT2D eigenvalue weighted by atomic mass is 32.2. The Kier molecular flexibility index (Phi) is 4.71. The van der Waals surface area contributed by atoms with E-state index < -0.39 is 9.84 Å². The Labute approximate surface area is 103 Å². The number of unbranched alkanes of at least 4 members (excludes halogenated alkanes) is 1. The molecular weight excluding hydrogens is 234 g/mol. The lowest BCUT2D eigenvalue weighted by molar-refractivity contribution is 0.591. The van der Waals surface area contributed by atoms with E-state index in [-0.39, 0.29) is 11.5 Å². The number of nitriles is 1. The van der Waals surface area contributed by atoms with Gasteiger partial charge in [0.05, 0.1) is 23.1 Å². The minimum Gasteiger partial charge on any atom is -0.228 e. The maximum atomic E-state index is 11.8. The maximum absolute atomic E-state index is 11.8. The van der Waals surface area contributed by atoms with Gasteiger partial charge >= 0.3 is 0 Å². The molecule has 0 atom stereocenters. The van der Waals surface area contributed by atoms with Gasteiger partial charge in [0.25, 0.3) is 0 Å². The molecule has 0 amide bonds. The van der Waals surface area contributed by atoms with Crippen LogP contribution in [0.3, 0.4) is 0 Å². The van der Waals surface area contributed by atoms with Gasteiger partial charge in [-0.3, -0.25) is 0 Å². The Hall–Kier alpha value is -1.34. The fraction of sp³-hybridized carbons (Fsp3) is 0.462. The third kappa shape index (κ3) is 4.20. The van der Waals surface area contributed by atoms with Crippen LogP contribution in [0.25, 0.3) is 0 Å². The van der Waals surface area contributed by atoms with Crippen molar-refractivity contribution < 1.29 is 8.42 Å². The highest BCUT2D eigenvalue weighted by molar-refractivity contribution is 7.90. The number of aryl methyl sites for hydroxylation is 1. The van der Waals surface area contributed by atoms with Crippen molar-refractivity contribution in [2.45, 2.75) is 32.4 Å². The molecule has 0 saturated carbocycles. The zero-order valence-electron chi connectivity index (χ0n) is 10.2. The fourth-order valence-corrected chi connectivity index (χ4v) is 3.27. The summed E-state index contributed by atoms with van der Waals surface area (Å²) < 4.78 is 23.6. The van der Waals surface area contributed by atoms with E-state index in [1.807, 2.05) is 19.9 Å². The molecule has 0 aliphatic carbocycles. The van der Waals surface area contributed by atoms with Gasteiger partial charge in [0, 0.05) is 0 Å². The fourth-order valence-electron chi connectivity index (χ4n) is 1.60. The summed E-state index contributed by atoms with van der Waals surface area (Å²) in [5.41, 5.74) is 2.22. The van der Waals surface area contributed by atoms with Crippen LogP contribution in [0.5, 0.6) is 0 Å². The number of hydrogen-bond acceptors (Lipinski definition) is 3. The quantitative estimate of drug-likeness (QED) is 0.808. The van der Waals surface area contributed by atoms with Crippen molar-refractivity contribution in [3.63, 3.8) is 0 Å². The lowest BCUT2D eigenvalue weighted by Gasteiger charge is -2.07. The number of rotatable bonds is 5. The van der Waals surface area contributed by atoms with Crippen LogP contribution in [0.15, 0.2) is 18.2 Å². The van der Waals surface area contributed by atoms with Crippen LogP contribution in [0.2, 0.25) is 0 Å². The molecule has 0 fully saturated rings. The minimum atomic E-state index is -3.02. The smallest absolute Gasteiger partial charge is 0.154 e. The summed E-state index contributed by atoms with van der Waals surface area (Å²) in [5, 5.41) is 8.73. The summed E-state index contributed by atoms with van der Waals surface area (Å²) >= 11 is 0. The van der Waals surface area contributed by atoms with Gasteiger partial charge in [-0.25, -0.2) is 8.42 Å². The Morgan fingerprint density at radius 2 is 2.06 bits per heavy atom. The molecule has 92 valence electrons. The third-order valence-electron chi connectivity index (χ3n) is 2.66. The molecule has 0 aliphatic rings. The van der Waals surface area contributed by atoms with E-state index in [9.17, 15) is 8.42 Å². The zero-order valence-corrected chi connectivity index (χ0v) is 11.0. The molecule has 0 aromatic heterocycles. The van der Waals surface area contributed by atoms with Crippen molar-refractivity contribution in [1.29, 1.82) is 5.26 Å². The van der Waals surface area contributed by atoms with Gasteiger partial charge in [0.2, 0.25) is 0 Å². The van der Waals surface area contributed by atoms with E-state index in [1.54, 1.807) is 18.2 Å². The highest BCUT2D eigenvalue weighted by Gasteiger charge is 2.13. The van der Waals surface area contributed by atoms with E-state index in [2.05, 4.69) is 0 Å². The number of hydrogen-bond donors (Lipinski definition) is 0. The topological polar surface area (TPSA) is 57.9 Å². The second-order valence-electron chi connectivity index (χ2n) is 4.20. The lowest BCUT2D eigenvalue weighted by Crippen LogP contribution is -2.10. The SMILES string of the molecule is CCCCS(=O)(=O)Cc1ccc(C#N)cc1C. The summed E-state index contributed by atoms with van der Waals surface area (Å²) in [6.45, 7) is 3.81. The number of sulfone groups is 1. The average Bonchev–Trinajstić information content (AvgIpc) is 2.29. The van der Waals surface area contributed by atoms with Crippen molar-refractivity contribution in [3.8, 4) is 6.07 Å². The van der Waals surface area contributed by atoms with Crippen LogP contribution < -0.4 is 0 Å². The first kappa shape index (κ1) is 13.7. The molecule has 0 spiro atoms. The molecule has 0 heterocycles. The third-order valence-corrected chi connectivity index (χ3v) is 4.32. The van der Waals surface area contributed by atoms with E-state index in [0.29, 0.717) is 12.0 Å². The zero-order chi connectivity index (χ0) is 12.9. The first-order valence-corrected chi connectivity index (χ1v) is 7.50. The van der Waals surface area contributed by atoms with Crippen molar-refractivity contribution in [2.24, 2.45) is 0 Å². The Balaban J connectivity index is 2.86. The molecule has 0 saturated heterocycles. The normalized spacial score (nSPS) is 11.1.